The van der Waals surface area contributed by atoms with Crippen molar-refractivity contribution in [3.8, 4) is 0 Å². The van der Waals surface area contributed by atoms with Gasteiger partial charge in [0.15, 0.2) is 0 Å². The van der Waals surface area contributed by atoms with Gasteiger partial charge >= 0.3 is 0 Å². The van der Waals surface area contributed by atoms with Crippen LogP contribution < -0.4 is 5.32 Å². The normalized spacial score (nSPS) is 26.4. The third kappa shape index (κ3) is 3.79. The van der Waals surface area contributed by atoms with Crippen molar-refractivity contribution in [1.82, 2.24) is 10.2 Å². The Morgan fingerprint density at radius 2 is 2.20 bits per heavy atom. The molecule has 0 aromatic rings. The van der Waals surface area contributed by atoms with Gasteiger partial charge in [0.25, 0.3) is 0 Å². The van der Waals surface area contributed by atoms with E-state index in [1.807, 2.05) is 0 Å². The molecule has 20 heavy (non-hydrogen) atoms. The summed E-state index contributed by atoms with van der Waals surface area (Å²) in [6.45, 7) is 6.14. The maximum atomic E-state index is 12.1. The van der Waals surface area contributed by atoms with E-state index < -0.39 is 5.92 Å². The lowest BCUT2D eigenvalue weighted by Crippen LogP contribution is -2.33. The number of imide groups is 1. The van der Waals surface area contributed by atoms with Gasteiger partial charge in [-0.25, -0.2) is 0 Å². The van der Waals surface area contributed by atoms with E-state index in [4.69, 9.17) is 4.74 Å². The number of likely N-dealkylation sites (tertiary alicyclic amines) is 1. The maximum absolute atomic E-state index is 12.1. The zero-order valence-electron chi connectivity index (χ0n) is 12.1. The van der Waals surface area contributed by atoms with Gasteiger partial charge in [-0.05, 0) is 12.3 Å². The third-order valence-corrected chi connectivity index (χ3v) is 3.65. The van der Waals surface area contributed by atoms with Crippen LogP contribution in [0.3, 0.4) is 0 Å². The highest BCUT2D eigenvalue weighted by atomic mass is 16.5. The molecule has 6 nitrogen and oxygen atoms in total. The molecule has 1 N–H and O–H groups in total. The Balaban J connectivity index is 1.77. The lowest BCUT2D eigenvalue weighted by molar-refractivity contribution is -0.134. The SMILES string of the molecule is CC(C)COC1CCN(C(=O)CC2CC(=O)NC2=O)C1. The van der Waals surface area contributed by atoms with E-state index in [0.29, 0.717) is 25.6 Å². The van der Waals surface area contributed by atoms with E-state index in [0.717, 1.165) is 6.42 Å². The predicted molar refractivity (Wildman–Crippen MR) is 71.6 cm³/mol. The number of carbonyl (C=O) groups excluding carboxylic acids is 3. The van der Waals surface area contributed by atoms with Crippen LogP contribution in [-0.2, 0) is 19.1 Å². The summed E-state index contributed by atoms with van der Waals surface area (Å²) in [7, 11) is 0. The summed E-state index contributed by atoms with van der Waals surface area (Å²) in [5, 5.41) is 2.23. The lowest BCUT2D eigenvalue weighted by atomic mass is 10.0. The fraction of sp³-hybridized carbons (Fsp3) is 0.786. The van der Waals surface area contributed by atoms with Crippen LogP contribution in [0.15, 0.2) is 0 Å². The fourth-order valence-electron chi connectivity index (χ4n) is 2.53. The molecule has 2 aliphatic heterocycles. The van der Waals surface area contributed by atoms with E-state index in [1.54, 1.807) is 4.90 Å². The standard InChI is InChI=1S/C14H22N2O4/c1-9(2)8-20-11-3-4-16(7-11)13(18)6-10-5-12(17)15-14(10)19/h9-11H,3-8H2,1-2H3,(H,15,17,19). The van der Waals surface area contributed by atoms with Crippen molar-refractivity contribution in [2.45, 2.75) is 39.2 Å². The molecule has 0 aliphatic carbocycles. The molecule has 0 bridgehead atoms. The topological polar surface area (TPSA) is 75.7 Å². The van der Waals surface area contributed by atoms with Gasteiger partial charge in [-0.2, -0.15) is 0 Å². The number of amides is 3. The molecule has 0 saturated carbocycles. The average Bonchev–Trinajstić information content (AvgIpc) is 2.94. The molecule has 0 spiro atoms. The van der Waals surface area contributed by atoms with Crippen molar-refractivity contribution >= 4 is 17.7 Å². The molecule has 6 heteroatoms. The van der Waals surface area contributed by atoms with Crippen LogP contribution in [-0.4, -0.2) is 48.4 Å². The molecule has 2 saturated heterocycles. The van der Waals surface area contributed by atoms with Crippen molar-refractivity contribution < 1.29 is 19.1 Å². The Morgan fingerprint density at radius 3 is 2.80 bits per heavy atom. The largest absolute Gasteiger partial charge is 0.376 e. The monoisotopic (exact) mass is 282 g/mol. The van der Waals surface area contributed by atoms with E-state index in [-0.39, 0.29) is 36.7 Å². The van der Waals surface area contributed by atoms with E-state index in [2.05, 4.69) is 19.2 Å². The predicted octanol–water partition coefficient (Wildman–Crippen LogP) is 0.313. The smallest absolute Gasteiger partial charge is 0.230 e. The maximum Gasteiger partial charge on any atom is 0.230 e. The summed E-state index contributed by atoms with van der Waals surface area (Å²) in [5.41, 5.74) is 0. The van der Waals surface area contributed by atoms with Gasteiger partial charge < -0.3 is 9.64 Å². The van der Waals surface area contributed by atoms with Gasteiger partial charge in [0.2, 0.25) is 17.7 Å². The van der Waals surface area contributed by atoms with Gasteiger partial charge in [-0.1, -0.05) is 13.8 Å². The summed E-state index contributed by atoms with van der Waals surface area (Å²) in [4.78, 5) is 36.4. The summed E-state index contributed by atoms with van der Waals surface area (Å²) in [5.74, 6) is -0.684. The average molecular weight is 282 g/mol. The van der Waals surface area contributed by atoms with Gasteiger partial charge in [-0.3, -0.25) is 19.7 Å². The molecular formula is C14H22N2O4. The van der Waals surface area contributed by atoms with Crippen molar-refractivity contribution in [1.29, 1.82) is 0 Å². The Labute approximate surface area is 118 Å². The second-order valence-electron chi connectivity index (χ2n) is 6.00. The van der Waals surface area contributed by atoms with Crippen LogP contribution in [0.5, 0.6) is 0 Å². The third-order valence-electron chi connectivity index (χ3n) is 3.65. The first kappa shape index (κ1) is 15.0. The molecule has 0 aromatic carbocycles. The lowest BCUT2D eigenvalue weighted by Gasteiger charge is -2.18. The van der Waals surface area contributed by atoms with Crippen molar-refractivity contribution in [3.63, 3.8) is 0 Å². The first-order valence-corrected chi connectivity index (χ1v) is 7.18. The Hall–Kier alpha value is -1.43. The Bertz CT molecular complexity index is 408. The molecule has 2 unspecified atom stereocenters. The van der Waals surface area contributed by atoms with Gasteiger partial charge in [0.05, 0.1) is 12.0 Å². The first-order valence-electron chi connectivity index (χ1n) is 7.18. The summed E-state index contributed by atoms with van der Waals surface area (Å²) < 4.78 is 5.73. The van der Waals surface area contributed by atoms with Gasteiger partial charge in [-0.15, -0.1) is 0 Å². The van der Waals surface area contributed by atoms with Gasteiger partial charge in [0.1, 0.15) is 0 Å². The van der Waals surface area contributed by atoms with Crippen LogP contribution in [0.1, 0.15) is 33.1 Å². The minimum Gasteiger partial charge on any atom is -0.376 e. The van der Waals surface area contributed by atoms with Crippen molar-refractivity contribution in [2.24, 2.45) is 11.8 Å². The molecule has 2 atom stereocenters. The van der Waals surface area contributed by atoms with Crippen molar-refractivity contribution in [3.05, 3.63) is 0 Å². The van der Waals surface area contributed by atoms with E-state index >= 15 is 0 Å². The molecule has 0 aromatic heterocycles. The summed E-state index contributed by atoms with van der Waals surface area (Å²) >= 11 is 0. The molecule has 3 amide bonds. The van der Waals surface area contributed by atoms with Crippen LogP contribution >= 0.6 is 0 Å². The number of hydrogen-bond donors (Lipinski definition) is 1. The number of rotatable bonds is 5. The zero-order valence-corrected chi connectivity index (χ0v) is 12.1. The van der Waals surface area contributed by atoms with Crippen LogP contribution in [0, 0.1) is 11.8 Å². The zero-order chi connectivity index (χ0) is 14.7. The van der Waals surface area contributed by atoms with Crippen LogP contribution in [0.4, 0.5) is 0 Å². The Kier molecular flexibility index (Phi) is 4.75. The number of nitrogens with one attached hydrogen (secondary N) is 1. The highest BCUT2D eigenvalue weighted by molar-refractivity contribution is 6.04. The molecule has 2 rings (SSSR count). The molecule has 2 heterocycles. The molecule has 2 fully saturated rings. The van der Waals surface area contributed by atoms with Gasteiger partial charge in [0, 0.05) is 32.5 Å². The van der Waals surface area contributed by atoms with E-state index in [9.17, 15) is 14.4 Å². The minimum atomic E-state index is -0.495. The van der Waals surface area contributed by atoms with Crippen molar-refractivity contribution in [2.75, 3.05) is 19.7 Å². The number of carbonyl (C=O) groups is 3. The fourth-order valence-corrected chi connectivity index (χ4v) is 2.53. The van der Waals surface area contributed by atoms with Crippen LogP contribution in [0.25, 0.3) is 0 Å². The number of ether oxygens (including phenoxy) is 1. The molecular weight excluding hydrogens is 260 g/mol. The summed E-state index contributed by atoms with van der Waals surface area (Å²) in [6.07, 6.45) is 1.19. The second-order valence-corrected chi connectivity index (χ2v) is 6.00. The quantitative estimate of drug-likeness (QED) is 0.737. The number of nitrogens with zero attached hydrogens (tertiary/aromatic N) is 1. The highest BCUT2D eigenvalue weighted by Gasteiger charge is 2.35. The highest BCUT2D eigenvalue weighted by Crippen LogP contribution is 2.20. The first-order chi connectivity index (χ1) is 9.45. The minimum absolute atomic E-state index is 0.0597. The molecule has 2 aliphatic rings. The van der Waals surface area contributed by atoms with E-state index in [1.165, 1.54) is 0 Å². The summed E-state index contributed by atoms with van der Waals surface area (Å²) in [6, 6.07) is 0. The van der Waals surface area contributed by atoms with Crippen LogP contribution in [0.2, 0.25) is 0 Å². The molecule has 0 radical (unpaired) electrons. The number of hydrogen-bond acceptors (Lipinski definition) is 4. The Morgan fingerprint density at radius 1 is 1.45 bits per heavy atom. The molecule has 112 valence electrons. The second kappa shape index (κ2) is 6.35.